The number of pyridine rings is 1. The van der Waals surface area contributed by atoms with Crippen LogP contribution in [0, 0.1) is 17.8 Å². The molecule has 5 atom stereocenters. The molecule has 1 aromatic heterocycles. The highest BCUT2D eigenvalue weighted by atomic mass is 19.3. The van der Waals surface area contributed by atoms with Crippen molar-refractivity contribution < 1.29 is 27.1 Å². The van der Waals surface area contributed by atoms with Gasteiger partial charge in [-0.15, -0.1) is 0 Å². The Hall–Kier alpha value is -2.00. The molecule has 1 aliphatic carbocycles. The quantitative estimate of drug-likeness (QED) is 0.0811. The highest BCUT2D eigenvalue weighted by molar-refractivity contribution is 5.98. The van der Waals surface area contributed by atoms with Crippen LogP contribution in [0.1, 0.15) is 95.4 Å². The summed E-state index contributed by atoms with van der Waals surface area (Å²) in [6.07, 6.45) is 10.3. The van der Waals surface area contributed by atoms with E-state index >= 15 is 8.78 Å². The van der Waals surface area contributed by atoms with Crippen LogP contribution in [-0.2, 0) is 28.3 Å². The lowest BCUT2D eigenvalue weighted by molar-refractivity contribution is -0.182. The van der Waals surface area contributed by atoms with Gasteiger partial charge in [-0.3, -0.25) is 4.84 Å². The number of rotatable bonds is 14. The summed E-state index contributed by atoms with van der Waals surface area (Å²) >= 11 is 0. The van der Waals surface area contributed by atoms with E-state index in [0.29, 0.717) is 18.0 Å². The minimum atomic E-state index is -3.55. The molecule has 0 saturated carbocycles. The third kappa shape index (κ3) is 6.95. The Bertz CT molecular complexity index is 1000. The summed E-state index contributed by atoms with van der Waals surface area (Å²) in [5.41, 5.74) is 0.0154. The van der Waals surface area contributed by atoms with Gasteiger partial charge in [0, 0.05) is 11.9 Å². The first-order valence-corrected chi connectivity index (χ1v) is 14.3. The molecule has 212 valence electrons. The molecular formula is C29H41F4N3O2. The molecule has 3 heterocycles. The van der Waals surface area contributed by atoms with Gasteiger partial charge in [0.1, 0.15) is 12.7 Å². The van der Waals surface area contributed by atoms with Crippen LogP contribution in [0.15, 0.2) is 23.3 Å². The predicted molar refractivity (Wildman–Crippen MR) is 139 cm³/mol. The monoisotopic (exact) mass is 539 g/mol. The van der Waals surface area contributed by atoms with Gasteiger partial charge in [-0.25, -0.2) is 23.8 Å². The lowest BCUT2D eigenvalue weighted by Crippen LogP contribution is -2.41. The first kappa shape index (κ1) is 29.0. The minimum Gasteiger partial charge on any atom is -0.367 e. The number of halogens is 4. The van der Waals surface area contributed by atoms with E-state index in [2.05, 4.69) is 30.7 Å². The van der Waals surface area contributed by atoms with Crippen LogP contribution in [-0.4, -0.2) is 41.0 Å². The Balaban J connectivity index is 1.34. The largest absolute Gasteiger partial charge is 0.367 e. The van der Waals surface area contributed by atoms with Crippen molar-refractivity contribution in [3.05, 3.63) is 41.1 Å². The number of hydroxylamine groups is 2. The molecule has 5 unspecified atom stereocenters. The number of aryl methyl sites for hydroxylation is 1. The molecule has 0 N–H and O–H groups in total. The smallest absolute Gasteiger partial charge is 0.288 e. The van der Waals surface area contributed by atoms with E-state index in [1.807, 2.05) is 0 Å². The van der Waals surface area contributed by atoms with Gasteiger partial charge in [0.25, 0.3) is 12.3 Å². The zero-order chi connectivity index (χ0) is 27.3. The Morgan fingerprint density at radius 1 is 1.16 bits per heavy atom. The van der Waals surface area contributed by atoms with E-state index in [-0.39, 0.29) is 42.9 Å². The normalized spacial score (nSPS) is 26.7. The standard InChI is InChI=1S/C29H41F4N3O2/c1-4-6-8-9-11-24-25(38-24)18-37-36-15-14-23(35-28(36)31)22-13-12-20-17-21(16-19(3)10-7-5-2)34-27(30)26(20)29(22,32)33/h14-15,17,19,22,24-25,28H,4-13,16,18H2,1-3H3. The second kappa shape index (κ2) is 12.9. The molecule has 1 fully saturated rings. The van der Waals surface area contributed by atoms with Gasteiger partial charge in [-0.05, 0) is 49.3 Å². The summed E-state index contributed by atoms with van der Waals surface area (Å²) in [4.78, 5) is 13.2. The van der Waals surface area contributed by atoms with Crippen molar-refractivity contribution >= 4 is 5.71 Å². The van der Waals surface area contributed by atoms with E-state index in [1.54, 1.807) is 6.07 Å². The zero-order valence-corrected chi connectivity index (χ0v) is 22.8. The molecule has 9 heteroatoms. The molecular weight excluding hydrogens is 498 g/mol. The first-order chi connectivity index (χ1) is 18.2. The summed E-state index contributed by atoms with van der Waals surface area (Å²) in [5, 5.41) is 0.919. The van der Waals surface area contributed by atoms with Crippen molar-refractivity contribution in [3.8, 4) is 0 Å². The van der Waals surface area contributed by atoms with Gasteiger partial charge >= 0.3 is 0 Å². The molecule has 3 aliphatic rings. The number of allylic oxidation sites excluding steroid dienone is 1. The van der Waals surface area contributed by atoms with Gasteiger partial charge in [-0.1, -0.05) is 65.7 Å². The van der Waals surface area contributed by atoms with Crippen LogP contribution in [0.3, 0.4) is 0 Å². The summed E-state index contributed by atoms with van der Waals surface area (Å²) in [7, 11) is 0. The van der Waals surface area contributed by atoms with Gasteiger partial charge in [0.15, 0.2) is 0 Å². The number of ether oxygens (including phenoxy) is 1. The number of epoxide rings is 1. The van der Waals surface area contributed by atoms with E-state index < -0.39 is 29.8 Å². The Labute approximate surface area is 223 Å². The van der Waals surface area contributed by atoms with Crippen molar-refractivity contribution in [2.45, 2.75) is 116 Å². The van der Waals surface area contributed by atoms with Gasteiger partial charge in [-0.2, -0.15) is 8.78 Å². The number of aliphatic imine (C=N–C) groups is 1. The topological polar surface area (TPSA) is 50.2 Å². The fourth-order valence-corrected chi connectivity index (χ4v) is 5.54. The molecule has 0 spiro atoms. The number of hydrogen-bond acceptors (Lipinski definition) is 5. The number of fused-ring (bicyclic) bond motifs is 1. The molecule has 0 radical (unpaired) electrons. The third-order valence-electron chi connectivity index (χ3n) is 7.82. The molecule has 0 aromatic carbocycles. The molecule has 2 aliphatic heterocycles. The average molecular weight is 540 g/mol. The lowest BCUT2D eigenvalue weighted by atomic mass is 9.78. The van der Waals surface area contributed by atoms with Gasteiger partial charge in [0.05, 0.1) is 23.3 Å². The number of nitrogens with zero attached hydrogens (tertiary/aromatic N) is 3. The second-order valence-electron chi connectivity index (χ2n) is 11.0. The van der Waals surface area contributed by atoms with Crippen molar-refractivity contribution in [1.82, 2.24) is 10.0 Å². The van der Waals surface area contributed by atoms with Crippen LogP contribution < -0.4 is 0 Å². The second-order valence-corrected chi connectivity index (χ2v) is 11.0. The summed E-state index contributed by atoms with van der Waals surface area (Å²) in [6.45, 7) is 6.51. The lowest BCUT2D eigenvalue weighted by Gasteiger charge is -2.35. The van der Waals surface area contributed by atoms with Crippen LogP contribution in [0.4, 0.5) is 17.6 Å². The third-order valence-corrected chi connectivity index (χ3v) is 7.82. The number of hydrogen-bond donors (Lipinski definition) is 0. The van der Waals surface area contributed by atoms with Crippen molar-refractivity contribution in [1.29, 1.82) is 0 Å². The fraction of sp³-hybridized carbons (Fsp3) is 0.724. The van der Waals surface area contributed by atoms with E-state index in [1.165, 1.54) is 31.5 Å². The molecule has 4 rings (SSSR count). The SMILES string of the molecule is CCCCCCC1OC1CON1C=CC(C2CCc3cc(CC(C)CCCC)nc(F)c3C2(F)F)=NC1F. The summed E-state index contributed by atoms with van der Waals surface area (Å²) in [6, 6.07) is 1.62. The number of alkyl halides is 3. The van der Waals surface area contributed by atoms with Gasteiger partial charge < -0.3 is 4.74 Å². The maximum atomic E-state index is 15.6. The van der Waals surface area contributed by atoms with E-state index in [4.69, 9.17) is 9.57 Å². The molecule has 5 nitrogen and oxygen atoms in total. The number of unbranched alkanes of at least 4 members (excludes halogenated alkanes) is 4. The summed E-state index contributed by atoms with van der Waals surface area (Å²) < 4.78 is 66.5. The maximum absolute atomic E-state index is 15.6. The molecule has 1 saturated heterocycles. The van der Waals surface area contributed by atoms with Crippen molar-refractivity contribution in [2.24, 2.45) is 16.8 Å². The molecule has 38 heavy (non-hydrogen) atoms. The maximum Gasteiger partial charge on any atom is 0.288 e. The number of aromatic nitrogens is 1. The van der Waals surface area contributed by atoms with E-state index in [9.17, 15) is 8.78 Å². The summed E-state index contributed by atoms with van der Waals surface area (Å²) in [5.74, 6) is -5.81. The van der Waals surface area contributed by atoms with Crippen molar-refractivity contribution in [2.75, 3.05) is 6.61 Å². The Morgan fingerprint density at radius 2 is 1.95 bits per heavy atom. The molecule has 0 amide bonds. The van der Waals surface area contributed by atoms with Gasteiger partial charge in [0.2, 0.25) is 5.95 Å². The molecule has 0 bridgehead atoms. The Kier molecular flexibility index (Phi) is 9.84. The van der Waals surface area contributed by atoms with Crippen molar-refractivity contribution in [3.63, 3.8) is 0 Å². The van der Waals surface area contributed by atoms with Crippen LogP contribution >= 0.6 is 0 Å². The highest BCUT2D eigenvalue weighted by Gasteiger charge is 2.50. The zero-order valence-electron chi connectivity index (χ0n) is 22.8. The van der Waals surface area contributed by atoms with Crippen LogP contribution in [0.25, 0.3) is 0 Å². The first-order valence-electron chi connectivity index (χ1n) is 14.3. The molecule has 1 aromatic rings. The minimum absolute atomic E-state index is 0.0423. The van der Waals surface area contributed by atoms with Crippen LogP contribution in [0.5, 0.6) is 0 Å². The Morgan fingerprint density at radius 3 is 2.68 bits per heavy atom. The van der Waals surface area contributed by atoms with E-state index in [0.717, 1.165) is 37.2 Å². The van der Waals surface area contributed by atoms with Crippen LogP contribution in [0.2, 0.25) is 0 Å². The fourth-order valence-electron chi connectivity index (χ4n) is 5.54. The highest BCUT2D eigenvalue weighted by Crippen LogP contribution is 2.47. The predicted octanol–water partition coefficient (Wildman–Crippen LogP) is 7.44. The average Bonchev–Trinajstić information content (AvgIpc) is 3.62.